The summed E-state index contributed by atoms with van der Waals surface area (Å²) in [5.41, 5.74) is 1.19. The maximum atomic E-state index is 11.8. The molecule has 0 atom stereocenters. The molecule has 0 radical (unpaired) electrons. The van der Waals surface area contributed by atoms with Crippen LogP contribution in [0.3, 0.4) is 0 Å². The average molecular weight is 281 g/mol. The van der Waals surface area contributed by atoms with E-state index in [9.17, 15) is 9.59 Å². The van der Waals surface area contributed by atoms with Crippen molar-refractivity contribution in [2.45, 2.75) is 19.9 Å². The number of benzene rings is 1. The maximum Gasteiger partial charge on any atom is 0.335 e. The maximum absolute atomic E-state index is 11.8. The number of nitrogens with zero attached hydrogens (tertiary/aromatic N) is 1. The molecule has 0 heterocycles. The van der Waals surface area contributed by atoms with Crippen molar-refractivity contribution in [2.75, 3.05) is 18.6 Å². The third kappa shape index (κ3) is 5.34. The lowest BCUT2D eigenvalue weighted by atomic mass is 10.1. The SMILES string of the molecule is CCCSCC(=O)N(C)Cc1ccc(C(=O)O)cc1. The fourth-order valence-corrected chi connectivity index (χ4v) is 2.36. The van der Waals surface area contributed by atoms with Gasteiger partial charge >= 0.3 is 5.97 Å². The fraction of sp³-hybridized carbons (Fsp3) is 0.429. The standard InChI is InChI=1S/C14H19NO3S/c1-3-8-19-10-13(16)15(2)9-11-4-6-12(7-5-11)14(17)18/h4-7H,3,8-10H2,1-2H3,(H,17,18). The topological polar surface area (TPSA) is 57.6 Å². The van der Waals surface area contributed by atoms with Crippen LogP contribution >= 0.6 is 11.8 Å². The quantitative estimate of drug-likeness (QED) is 0.780. The Balaban J connectivity index is 2.49. The van der Waals surface area contributed by atoms with Crippen molar-refractivity contribution >= 4 is 23.6 Å². The third-order valence-corrected chi connectivity index (χ3v) is 3.77. The van der Waals surface area contributed by atoms with Crippen LogP contribution in [0.2, 0.25) is 0 Å². The van der Waals surface area contributed by atoms with E-state index in [0.717, 1.165) is 17.7 Å². The molecule has 0 saturated carbocycles. The Morgan fingerprint density at radius 2 is 1.89 bits per heavy atom. The Kier molecular flexibility index (Phi) is 6.42. The highest BCUT2D eigenvalue weighted by Crippen LogP contribution is 2.09. The van der Waals surface area contributed by atoms with E-state index in [1.807, 2.05) is 0 Å². The molecule has 0 bridgehead atoms. The number of hydrogen-bond acceptors (Lipinski definition) is 3. The molecule has 1 aromatic rings. The lowest BCUT2D eigenvalue weighted by Gasteiger charge is -2.17. The van der Waals surface area contributed by atoms with Crippen LogP contribution in [0.15, 0.2) is 24.3 Å². The minimum atomic E-state index is -0.938. The third-order valence-electron chi connectivity index (χ3n) is 2.62. The summed E-state index contributed by atoms with van der Waals surface area (Å²) >= 11 is 1.64. The van der Waals surface area contributed by atoms with Crippen LogP contribution < -0.4 is 0 Å². The smallest absolute Gasteiger partial charge is 0.335 e. The van der Waals surface area contributed by atoms with Gasteiger partial charge in [0.25, 0.3) is 0 Å². The number of hydrogen-bond donors (Lipinski definition) is 1. The van der Waals surface area contributed by atoms with Crippen molar-refractivity contribution in [3.05, 3.63) is 35.4 Å². The monoisotopic (exact) mass is 281 g/mol. The van der Waals surface area contributed by atoms with Gasteiger partial charge in [0.1, 0.15) is 0 Å². The van der Waals surface area contributed by atoms with Gasteiger partial charge in [-0.15, -0.1) is 0 Å². The molecular formula is C14H19NO3S. The van der Waals surface area contributed by atoms with Gasteiger partial charge in [-0.2, -0.15) is 11.8 Å². The summed E-state index contributed by atoms with van der Waals surface area (Å²) in [6.07, 6.45) is 1.07. The number of amides is 1. The zero-order valence-electron chi connectivity index (χ0n) is 11.3. The lowest BCUT2D eigenvalue weighted by Crippen LogP contribution is -2.27. The summed E-state index contributed by atoms with van der Waals surface area (Å²) in [7, 11) is 1.76. The molecule has 0 aromatic heterocycles. The molecule has 0 aliphatic carbocycles. The Bertz CT molecular complexity index is 431. The van der Waals surface area contributed by atoms with Crippen LogP contribution in [0.25, 0.3) is 0 Å². The molecule has 0 aliphatic heterocycles. The van der Waals surface area contributed by atoms with Gasteiger partial charge < -0.3 is 10.0 Å². The Hall–Kier alpha value is -1.49. The molecule has 104 valence electrons. The van der Waals surface area contributed by atoms with Crippen LogP contribution in [0.5, 0.6) is 0 Å². The summed E-state index contributed by atoms with van der Waals surface area (Å²) in [6, 6.07) is 6.60. The van der Waals surface area contributed by atoms with Gasteiger partial charge in [0.05, 0.1) is 11.3 Å². The fourth-order valence-electron chi connectivity index (χ4n) is 1.53. The van der Waals surface area contributed by atoms with Crippen LogP contribution in [0.4, 0.5) is 0 Å². The van der Waals surface area contributed by atoms with E-state index in [-0.39, 0.29) is 11.5 Å². The first kappa shape index (κ1) is 15.6. The molecule has 19 heavy (non-hydrogen) atoms. The number of carboxylic acid groups (broad SMARTS) is 1. The number of rotatable bonds is 7. The van der Waals surface area contributed by atoms with E-state index in [0.29, 0.717) is 12.3 Å². The van der Waals surface area contributed by atoms with Crippen molar-refractivity contribution in [3.8, 4) is 0 Å². The van der Waals surface area contributed by atoms with Gasteiger partial charge in [-0.3, -0.25) is 4.79 Å². The summed E-state index contributed by atoms with van der Waals surface area (Å²) in [5, 5.41) is 8.80. The highest BCUT2D eigenvalue weighted by molar-refractivity contribution is 7.99. The van der Waals surface area contributed by atoms with Crippen molar-refractivity contribution in [2.24, 2.45) is 0 Å². The lowest BCUT2D eigenvalue weighted by molar-refractivity contribution is -0.127. The Labute approximate surface area is 117 Å². The normalized spacial score (nSPS) is 10.2. The van der Waals surface area contributed by atoms with Gasteiger partial charge in [0.2, 0.25) is 5.91 Å². The van der Waals surface area contributed by atoms with E-state index < -0.39 is 5.97 Å². The molecule has 4 nitrogen and oxygen atoms in total. The van der Waals surface area contributed by atoms with E-state index in [1.165, 1.54) is 0 Å². The van der Waals surface area contributed by atoms with Gasteiger partial charge in [-0.1, -0.05) is 19.1 Å². The molecule has 5 heteroatoms. The van der Waals surface area contributed by atoms with Gasteiger partial charge in [0, 0.05) is 13.6 Å². The Morgan fingerprint density at radius 1 is 1.26 bits per heavy atom. The zero-order valence-corrected chi connectivity index (χ0v) is 12.1. The molecule has 0 saturated heterocycles. The van der Waals surface area contributed by atoms with Gasteiger partial charge in [-0.25, -0.2) is 4.79 Å². The average Bonchev–Trinajstić information content (AvgIpc) is 2.39. The molecule has 0 fully saturated rings. The zero-order chi connectivity index (χ0) is 14.3. The predicted molar refractivity (Wildman–Crippen MR) is 77.5 cm³/mol. The second-order valence-corrected chi connectivity index (χ2v) is 5.41. The van der Waals surface area contributed by atoms with E-state index >= 15 is 0 Å². The van der Waals surface area contributed by atoms with E-state index in [2.05, 4.69) is 6.92 Å². The van der Waals surface area contributed by atoms with Crippen molar-refractivity contribution in [1.82, 2.24) is 4.90 Å². The predicted octanol–water partition coefficient (Wildman–Crippen LogP) is 2.49. The highest BCUT2D eigenvalue weighted by atomic mass is 32.2. The first-order chi connectivity index (χ1) is 9.04. The van der Waals surface area contributed by atoms with Crippen LogP contribution in [-0.4, -0.2) is 40.4 Å². The largest absolute Gasteiger partial charge is 0.478 e. The molecule has 0 aliphatic rings. The van der Waals surface area contributed by atoms with Crippen LogP contribution in [0.1, 0.15) is 29.3 Å². The van der Waals surface area contributed by atoms with Crippen molar-refractivity contribution in [1.29, 1.82) is 0 Å². The highest BCUT2D eigenvalue weighted by Gasteiger charge is 2.09. The number of aromatic carboxylic acids is 1. The molecular weight excluding hydrogens is 262 g/mol. The van der Waals surface area contributed by atoms with Crippen molar-refractivity contribution < 1.29 is 14.7 Å². The molecule has 1 N–H and O–H groups in total. The van der Waals surface area contributed by atoms with E-state index in [4.69, 9.17) is 5.11 Å². The molecule has 1 aromatic carbocycles. The summed E-state index contributed by atoms with van der Waals surface area (Å²) < 4.78 is 0. The van der Waals surface area contributed by atoms with Gasteiger partial charge in [0.15, 0.2) is 0 Å². The minimum Gasteiger partial charge on any atom is -0.478 e. The van der Waals surface area contributed by atoms with Crippen LogP contribution in [0, 0.1) is 0 Å². The first-order valence-electron chi connectivity index (χ1n) is 6.18. The van der Waals surface area contributed by atoms with Crippen molar-refractivity contribution in [3.63, 3.8) is 0 Å². The number of carbonyl (C=O) groups excluding carboxylic acids is 1. The summed E-state index contributed by atoms with van der Waals surface area (Å²) in [4.78, 5) is 24.2. The second-order valence-electron chi connectivity index (χ2n) is 4.30. The second kappa shape index (κ2) is 7.84. The van der Waals surface area contributed by atoms with Crippen LogP contribution in [-0.2, 0) is 11.3 Å². The summed E-state index contributed by atoms with van der Waals surface area (Å²) in [6.45, 7) is 2.59. The number of carbonyl (C=O) groups is 2. The van der Waals surface area contributed by atoms with Gasteiger partial charge in [-0.05, 0) is 29.9 Å². The molecule has 1 amide bonds. The molecule has 0 unspecified atom stereocenters. The summed E-state index contributed by atoms with van der Waals surface area (Å²) in [5.74, 6) is 0.650. The van der Waals surface area contributed by atoms with E-state index in [1.54, 1.807) is 48.0 Å². The molecule has 0 spiro atoms. The Morgan fingerprint density at radius 3 is 2.42 bits per heavy atom. The number of thioether (sulfide) groups is 1. The first-order valence-corrected chi connectivity index (χ1v) is 7.34. The number of carboxylic acids is 1. The minimum absolute atomic E-state index is 0.0979. The molecule has 1 rings (SSSR count).